The van der Waals surface area contributed by atoms with E-state index in [0.717, 1.165) is 36.6 Å². The van der Waals surface area contributed by atoms with Crippen LogP contribution in [0.1, 0.15) is 25.1 Å². The van der Waals surface area contributed by atoms with Gasteiger partial charge in [-0.05, 0) is 33.0 Å². The maximum atomic E-state index is 9.49. The number of hydrogen-bond donors (Lipinski definition) is 1. The van der Waals surface area contributed by atoms with E-state index in [-0.39, 0.29) is 6.61 Å². The monoisotopic (exact) mass is 265 g/mol. The third kappa shape index (κ3) is 5.17. The molecule has 0 amide bonds. The number of aryl methyl sites for hydroxylation is 1. The zero-order valence-electron chi connectivity index (χ0n) is 12.8. The Bertz CT molecular complexity index is 391. The van der Waals surface area contributed by atoms with Crippen molar-refractivity contribution in [3.8, 4) is 0 Å². The predicted molar refractivity (Wildman–Crippen MR) is 80.5 cm³/mol. The molecule has 0 fully saturated rings. The molecule has 1 N–H and O–H groups in total. The van der Waals surface area contributed by atoms with E-state index in [1.807, 2.05) is 6.92 Å². The minimum absolute atomic E-state index is 0.0408. The fourth-order valence-corrected chi connectivity index (χ4v) is 2.06. The number of rotatable bonds is 7. The smallest absolute Gasteiger partial charge is 0.0717 e. The van der Waals surface area contributed by atoms with Crippen LogP contribution in [0.15, 0.2) is 12.3 Å². The van der Waals surface area contributed by atoms with Gasteiger partial charge in [0.2, 0.25) is 0 Å². The van der Waals surface area contributed by atoms with Crippen LogP contribution in [0.3, 0.4) is 0 Å². The van der Waals surface area contributed by atoms with Crippen molar-refractivity contribution in [3.05, 3.63) is 23.5 Å². The second-order valence-electron chi connectivity index (χ2n) is 5.76. The lowest BCUT2D eigenvalue weighted by atomic mass is 10.1. The summed E-state index contributed by atoms with van der Waals surface area (Å²) < 4.78 is 0. The van der Waals surface area contributed by atoms with Crippen molar-refractivity contribution in [1.29, 1.82) is 0 Å². The Labute approximate surface area is 117 Å². The fourth-order valence-electron chi connectivity index (χ4n) is 2.06. The summed E-state index contributed by atoms with van der Waals surface area (Å²) in [5.74, 6) is 0.585. The predicted octanol–water partition coefficient (Wildman–Crippen LogP) is 1.91. The number of nitrogens with zero attached hydrogens (tertiary/aromatic N) is 3. The van der Waals surface area contributed by atoms with Gasteiger partial charge >= 0.3 is 0 Å². The van der Waals surface area contributed by atoms with Crippen LogP contribution in [0, 0.1) is 12.8 Å². The maximum absolute atomic E-state index is 9.49. The second-order valence-corrected chi connectivity index (χ2v) is 5.76. The third-order valence-electron chi connectivity index (χ3n) is 3.01. The Hall–Kier alpha value is -1.13. The van der Waals surface area contributed by atoms with Crippen LogP contribution in [0.5, 0.6) is 0 Å². The molecule has 0 saturated carbocycles. The quantitative estimate of drug-likeness (QED) is 0.817. The molecule has 4 heteroatoms. The Balaban J connectivity index is 2.97. The Morgan fingerprint density at radius 2 is 1.95 bits per heavy atom. The zero-order chi connectivity index (χ0) is 14.4. The van der Waals surface area contributed by atoms with Crippen LogP contribution in [-0.2, 0) is 6.61 Å². The summed E-state index contributed by atoms with van der Waals surface area (Å²) in [4.78, 5) is 8.80. The molecule has 0 saturated heterocycles. The third-order valence-corrected chi connectivity index (χ3v) is 3.01. The Morgan fingerprint density at radius 3 is 2.47 bits per heavy atom. The van der Waals surface area contributed by atoms with Crippen molar-refractivity contribution >= 4 is 5.69 Å². The SMILES string of the molecule is Cc1cc(N(CCN(C)C)CC(C)C)c(CO)cn1. The van der Waals surface area contributed by atoms with E-state index >= 15 is 0 Å². The van der Waals surface area contributed by atoms with E-state index in [1.165, 1.54) is 0 Å². The fraction of sp³-hybridized carbons (Fsp3) is 0.667. The van der Waals surface area contributed by atoms with Gasteiger partial charge in [0.1, 0.15) is 0 Å². The molecule has 1 rings (SSSR count). The lowest BCUT2D eigenvalue weighted by Crippen LogP contribution is -2.35. The van der Waals surface area contributed by atoms with E-state index in [9.17, 15) is 5.11 Å². The summed E-state index contributed by atoms with van der Waals surface area (Å²) >= 11 is 0. The van der Waals surface area contributed by atoms with E-state index in [1.54, 1.807) is 6.20 Å². The van der Waals surface area contributed by atoms with Crippen molar-refractivity contribution in [2.75, 3.05) is 38.6 Å². The average Bonchev–Trinajstić information content (AvgIpc) is 2.33. The van der Waals surface area contributed by atoms with Gasteiger partial charge in [-0.25, -0.2) is 0 Å². The van der Waals surface area contributed by atoms with Gasteiger partial charge in [0.05, 0.1) is 6.61 Å². The molecule has 0 aliphatic rings. The van der Waals surface area contributed by atoms with E-state index < -0.39 is 0 Å². The first-order valence-corrected chi connectivity index (χ1v) is 6.90. The number of hydrogen-bond acceptors (Lipinski definition) is 4. The first-order chi connectivity index (χ1) is 8.93. The van der Waals surface area contributed by atoms with Crippen LogP contribution in [0.4, 0.5) is 5.69 Å². The van der Waals surface area contributed by atoms with Gasteiger partial charge in [-0.2, -0.15) is 0 Å². The first kappa shape index (κ1) is 15.9. The molecule has 4 nitrogen and oxygen atoms in total. The molecule has 1 heterocycles. The van der Waals surface area contributed by atoms with E-state index in [2.05, 4.69) is 48.8 Å². The van der Waals surface area contributed by atoms with Crippen LogP contribution in [0.25, 0.3) is 0 Å². The summed E-state index contributed by atoms with van der Waals surface area (Å²) in [6.45, 7) is 9.42. The molecule has 0 radical (unpaired) electrons. The molecule has 0 atom stereocenters. The van der Waals surface area contributed by atoms with Gasteiger partial charge < -0.3 is 14.9 Å². The number of aliphatic hydroxyl groups is 1. The lowest BCUT2D eigenvalue weighted by Gasteiger charge is -2.29. The minimum Gasteiger partial charge on any atom is -0.392 e. The summed E-state index contributed by atoms with van der Waals surface area (Å²) in [6.07, 6.45) is 1.79. The highest BCUT2D eigenvalue weighted by Crippen LogP contribution is 2.22. The molecule has 0 unspecified atom stereocenters. The highest BCUT2D eigenvalue weighted by atomic mass is 16.3. The standard InChI is InChI=1S/C15H27N3O/c1-12(2)10-18(7-6-17(4)5)15-8-13(3)16-9-14(15)11-19/h8-9,12,19H,6-7,10-11H2,1-5H3. The van der Waals surface area contributed by atoms with Crippen molar-refractivity contribution in [2.45, 2.75) is 27.4 Å². The van der Waals surface area contributed by atoms with Gasteiger partial charge in [-0.15, -0.1) is 0 Å². The van der Waals surface area contributed by atoms with E-state index in [4.69, 9.17) is 0 Å². The highest BCUT2D eigenvalue weighted by Gasteiger charge is 2.13. The van der Waals surface area contributed by atoms with Crippen LogP contribution >= 0.6 is 0 Å². The zero-order valence-corrected chi connectivity index (χ0v) is 12.8. The number of pyridine rings is 1. The van der Waals surface area contributed by atoms with Gasteiger partial charge in [0, 0.05) is 42.8 Å². The van der Waals surface area contributed by atoms with Crippen LogP contribution in [0.2, 0.25) is 0 Å². The molecule has 0 aliphatic heterocycles. The van der Waals surface area contributed by atoms with Crippen molar-refractivity contribution in [1.82, 2.24) is 9.88 Å². The number of aliphatic hydroxyl groups excluding tert-OH is 1. The molecular weight excluding hydrogens is 238 g/mol. The highest BCUT2D eigenvalue weighted by molar-refractivity contribution is 5.53. The van der Waals surface area contributed by atoms with Crippen molar-refractivity contribution < 1.29 is 5.11 Å². The van der Waals surface area contributed by atoms with Gasteiger partial charge in [-0.3, -0.25) is 4.98 Å². The summed E-state index contributed by atoms with van der Waals surface area (Å²) in [5.41, 5.74) is 3.02. The summed E-state index contributed by atoms with van der Waals surface area (Å²) in [5, 5.41) is 9.49. The summed E-state index contributed by atoms with van der Waals surface area (Å²) in [7, 11) is 4.16. The van der Waals surface area contributed by atoms with Gasteiger partial charge in [0.15, 0.2) is 0 Å². The van der Waals surface area contributed by atoms with Crippen molar-refractivity contribution in [2.24, 2.45) is 5.92 Å². The molecule has 1 aromatic rings. The number of anilines is 1. The molecule has 0 bridgehead atoms. The molecule has 108 valence electrons. The number of aromatic nitrogens is 1. The maximum Gasteiger partial charge on any atom is 0.0717 e. The first-order valence-electron chi connectivity index (χ1n) is 6.90. The van der Waals surface area contributed by atoms with E-state index in [0.29, 0.717) is 5.92 Å². The lowest BCUT2D eigenvalue weighted by molar-refractivity contribution is 0.281. The topological polar surface area (TPSA) is 39.6 Å². The molecule has 19 heavy (non-hydrogen) atoms. The Morgan fingerprint density at radius 1 is 1.26 bits per heavy atom. The van der Waals surface area contributed by atoms with Crippen LogP contribution in [-0.4, -0.2) is 48.7 Å². The van der Waals surface area contributed by atoms with Gasteiger partial charge in [-0.1, -0.05) is 13.8 Å². The molecule has 0 spiro atoms. The summed E-state index contributed by atoms with van der Waals surface area (Å²) in [6, 6.07) is 2.07. The Kier molecular flexibility index (Phi) is 6.25. The average molecular weight is 265 g/mol. The molecule has 1 aromatic heterocycles. The van der Waals surface area contributed by atoms with Gasteiger partial charge in [0.25, 0.3) is 0 Å². The van der Waals surface area contributed by atoms with Crippen LogP contribution < -0.4 is 4.90 Å². The second kappa shape index (κ2) is 7.46. The largest absolute Gasteiger partial charge is 0.392 e. The number of likely N-dealkylation sites (N-methyl/N-ethyl adjacent to an activating group) is 1. The minimum atomic E-state index is 0.0408. The molecular formula is C15H27N3O. The molecule has 0 aliphatic carbocycles. The van der Waals surface area contributed by atoms with Crippen molar-refractivity contribution in [3.63, 3.8) is 0 Å². The normalized spacial score (nSPS) is 11.4. The molecule has 0 aromatic carbocycles.